The zero-order valence-electron chi connectivity index (χ0n) is 10.6. The fraction of sp³-hybridized carbons (Fsp3) is 0.750. The van der Waals surface area contributed by atoms with Gasteiger partial charge in [0.2, 0.25) is 0 Å². The minimum Gasteiger partial charge on any atom is -0.120 e. The Hall–Kier alpha value is -0.700. The molecule has 0 radical (unpaired) electrons. The molecule has 4 bridgehead atoms. The molecule has 0 spiro atoms. The molecule has 0 aromatic rings. The van der Waals surface area contributed by atoms with Gasteiger partial charge in [0.25, 0.3) is 0 Å². The molecule has 86 valence electrons. The van der Waals surface area contributed by atoms with Crippen LogP contribution in [0.25, 0.3) is 0 Å². The maximum atomic E-state index is 5.86. The van der Waals surface area contributed by atoms with Crippen molar-refractivity contribution in [1.82, 2.24) is 0 Å². The molecule has 0 N–H and O–H groups in total. The van der Waals surface area contributed by atoms with E-state index in [4.69, 9.17) is 6.42 Å². The van der Waals surface area contributed by atoms with Crippen molar-refractivity contribution in [1.29, 1.82) is 0 Å². The van der Waals surface area contributed by atoms with Gasteiger partial charge in [-0.15, -0.1) is 6.42 Å². The van der Waals surface area contributed by atoms with E-state index in [2.05, 4.69) is 25.8 Å². The molecule has 4 aliphatic carbocycles. The highest BCUT2D eigenvalue weighted by atomic mass is 14.6. The van der Waals surface area contributed by atoms with Crippen molar-refractivity contribution >= 4 is 0 Å². The summed E-state index contributed by atoms with van der Waals surface area (Å²) in [5, 5.41) is 0. The van der Waals surface area contributed by atoms with Gasteiger partial charge in [-0.05, 0) is 69.6 Å². The quantitative estimate of drug-likeness (QED) is 0.454. The van der Waals surface area contributed by atoms with Crippen molar-refractivity contribution < 1.29 is 0 Å². The molecule has 0 aromatic carbocycles. The summed E-state index contributed by atoms with van der Waals surface area (Å²) in [6, 6.07) is 0. The minimum absolute atomic E-state index is 0.272. The van der Waals surface area contributed by atoms with E-state index < -0.39 is 0 Å². The molecule has 0 amide bonds. The van der Waals surface area contributed by atoms with E-state index >= 15 is 0 Å². The summed E-state index contributed by atoms with van der Waals surface area (Å²) < 4.78 is 0. The average Bonchev–Trinajstić information content (AvgIpc) is 2.26. The van der Waals surface area contributed by atoms with E-state index in [0.717, 1.165) is 11.8 Å². The van der Waals surface area contributed by atoms with Crippen LogP contribution in [0.5, 0.6) is 0 Å². The minimum atomic E-state index is 0.272. The Bertz CT molecular complexity index is 365. The summed E-state index contributed by atoms with van der Waals surface area (Å²) in [4.78, 5) is 0. The Labute approximate surface area is 99.5 Å². The van der Waals surface area contributed by atoms with Crippen LogP contribution in [0.3, 0.4) is 0 Å². The zero-order chi connectivity index (χ0) is 11.4. The Morgan fingerprint density at radius 2 is 1.88 bits per heavy atom. The van der Waals surface area contributed by atoms with Gasteiger partial charge in [0.15, 0.2) is 0 Å². The summed E-state index contributed by atoms with van der Waals surface area (Å²) in [6.45, 7) is 4.52. The van der Waals surface area contributed by atoms with Gasteiger partial charge in [-0.1, -0.05) is 17.6 Å². The first kappa shape index (κ1) is 10.5. The van der Waals surface area contributed by atoms with Gasteiger partial charge < -0.3 is 0 Å². The summed E-state index contributed by atoms with van der Waals surface area (Å²) in [7, 11) is 0. The molecule has 0 heteroatoms. The largest absolute Gasteiger partial charge is 0.120 e. The molecule has 0 heterocycles. The lowest BCUT2D eigenvalue weighted by atomic mass is 9.43. The third-order valence-electron chi connectivity index (χ3n) is 5.64. The summed E-state index contributed by atoms with van der Waals surface area (Å²) in [5.74, 6) is 5.03. The molecule has 2 atom stereocenters. The van der Waals surface area contributed by atoms with Crippen LogP contribution in [0.2, 0.25) is 0 Å². The van der Waals surface area contributed by atoms with E-state index in [-0.39, 0.29) is 5.41 Å². The van der Waals surface area contributed by atoms with Crippen LogP contribution in [0.1, 0.15) is 52.4 Å². The SMILES string of the molecule is C#CC12CC3CC(C1)CC(/C(C)=C\C)(C3)C2. The average molecular weight is 214 g/mol. The van der Waals surface area contributed by atoms with Crippen LogP contribution in [-0.4, -0.2) is 0 Å². The van der Waals surface area contributed by atoms with Gasteiger partial charge in [-0.25, -0.2) is 0 Å². The molecule has 0 saturated heterocycles. The highest BCUT2D eigenvalue weighted by Gasteiger charge is 2.57. The van der Waals surface area contributed by atoms with E-state index in [0.29, 0.717) is 5.41 Å². The van der Waals surface area contributed by atoms with E-state index in [9.17, 15) is 0 Å². The van der Waals surface area contributed by atoms with Crippen molar-refractivity contribution in [2.45, 2.75) is 52.4 Å². The Kier molecular flexibility index (Phi) is 2.06. The molecule has 16 heavy (non-hydrogen) atoms. The first-order valence-corrected chi connectivity index (χ1v) is 6.73. The van der Waals surface area contributed by atoms with Crippen LogP contribution < -0.4 is 0 Å². The molecular weight excluding hydrogens is 192 g/mol. The van der Waals surface area contributed by atoms with Gasteiger partial charge in [0.05, 0.1) is 0 Å². The highest BCUT2D eigenvalue weighted by molar-refractivity contribution is 5.25. The normalized spacial score (nSPS) is 50.4. The standard InChI is InChI=1S/C16H22/c1-4-12(3)16-9-13-6-14(10-16)8-15(5-2,7-13)11-16/h2,4,13-14H,6-11H2,1,3H3/b12-4-. The van der Waals surface area contributed by atoms with Crippen molar-refractivity contribution in [2.24, 2.45) is 22.7 Å². The van der Waals surface area contributed by atoms with Gasteiger partial charge >= 0.3 is 0 Å². The molecule has 2 unspecified atom stereocenters. The smallest absolute Gasteiger partial charge is 0.0325 e. The molecule has 4 saturated carbocycles. The van der Waals surface area contributed by atoms with Gasteiger partial charge in [-0.2, -0.15) is 0 Å². The second kappa shape index (κ2) is 3.16. The fourth-order valence-electron chi connectivity index (χ4n) is 5.20. The molecule has 4 aliphatic rings. The summed E-state index contributed by atoms with van der Waals surface area (Å²) >= 11 is 0. The number of terminal acetylenes is 1. The van der Waals surface area contributed by atoms with Crippen molar-refractivity contribution in [3.63, 3.8) is 0 Å². The van der Waals surface area contributed by atoms with Gasteiger partial charge in [0, 0.05) is 5.41 Å². The van der Waals surface area contributed by atoms with Gasteiger partial charge in [0.1, 0.15) is 0 Å². The zero-order valence-corrected chi connectivity index (χ0v) is 10.6. The van der Waals surface area contributed by atoms with E-state index in [1.54, 1.807) is 5.57 Å². The number of rotatable bonds is 1. The predicted octanol–water partition coefficient (Wildman–Crippen LogP) is 4.17. The maximum absolute atomic E-state index is 5.86. The number of hydrogen-bond donors (Lipinski definition) is 0. The van der Waals surface area contributed by atoms with Crippen LogP contribution in [0.4, 0.5) is 0 Å². The molecular formula is C16H22. The lowest BCUT2D eigenvalue weighted by Gasteiger charge is -2.61. The molecule has 0 aliphatic heterocycles. The maximum Gasteiger partial charge on any atom is 0.0325 e. The Morgan fingerprint density at radius 3 is 2.38 bits per heavy atom. The van der Waals surface area contributed by atoms with Crippen LogP contribution >= 0.6 is 0 Å². The number of hydrogen-bond acceptors (Lipinski definition) is 0. The fourth-order valence-corrected chi connectivity index (χ4v) is 5.20. The monoisotopic (exact) mass is 214 g/mol. The van der Waals surface area contributed by atoms with Crippen LogP contribution in [-0.2, 0) is 0 Å². The first-order chi connectivity index (χ1) is 7.61. The molecule has 4 rings (SSSR count). The van der Waals surface area contributed by atoms with E-state index in [1.807, 2.05) is 0 Å². The van der Waals surface area contributed by atoms with Crippen LogP contribution in [0, 0.1) is 35.0 Å². The third kappa shape index (κ3) is 1.24. The lowest BCUT2D eigenvalue weighted by molar-refractivity contribution is -0.0632. The molecule has 4 fully saturated rings. The predicted molar refractivity (Wildman–Crippen MR) is 67.8 cm³/mol. The summed E-state index contributed by atoms with van der Waals surface area (Å²) in [6.07, 6.45) is 16.4. The van der Waals surface area contributed by atoms with Crippen LogP contribution in [0.15, 0.2) is 11.6 Å². The topological polar surface area (TPSA) is 0 Å². The van der Waals surface area contributed by atoms with Crippen molar-refractivity contribution in [3.8, 4) is 12.3 Å². The van der Waals surface area contributed by atoms with Crippen molar-refractivity contribution in [3.05, 3.63) is 11.6 Å². The Balaban J connectivity index is 2.02. The number of allylic oxidation sites excluding steroid dienone is 2. The summed E-state index contributed by atoms with van der Waals surface area (Å²) in [5.41, 5.74) is 2.38. The van der Waals surface area contributed by atoms with Gasteiger partial charge in [-0.3, -0.25) is 0 Å². The highest BCUT2D eigenvalue weighted by Crippen LogP contribution is 2.67. The second-order valence-electron chi connectivity index (χ2n) is 6.64. The molecule has 0 nitrogen and oxygen atoms in total. The lowest BCUT2D eigenvalue weighted by Crippen LogP contribution is -2.51. The second-order valence-corrected chi connectivity index (χ2v) is 6.64. The molecule has 0 aromatic heterocycles. The van der Waals surface area contributed by atoms with Crippen molar-refractivity contribution in [2.75, 3.05) is 0 Å². The first-order valence-electron chi connectivity index (χ1n) is 6.73. The van der Waals surface area contributed by atoms with E-state index in [1.165, 1.54) is 38.5 Å². The third-order valence-corrected chi connectivity index (χ3v) is 5.64. The Morgan fingerprint density at radius 1 is 1.25 bits per heavy atom.